The molecule has 3 heterocycles. The van der Waals surface area contributed by atoms with E-state index in [1.807, 2.05) is 43.3 Å². The summed E-state index contributed by atoms with van der Waals surface area (Å²) < 4.78 is 33.5. The second-order valence-electron chi connectivity index (χ2n) is 7.77. The molecule has 1 atom stereocenters. The van der Waals surface area contributed by atoms with E-state index >= 15 is 0 Å². The molecule has 0 spiro atoms. The second-order valence-corrected chi connectivity index (χ2v) is 10.0. The van der Waals surface area contributed by atoms with Crippen molar-refractivity contribution in [2.24, 2.45) is 0 Å². The summed E-state index contributed by atoms with van der Waals surface area (Å²) in [5.74, 6) is 0.318. The van der Waals surface area contributed by atoms with Gasteiger partial charge in [-0.3, -0.25) is 4.98 Å². The maximum atomic E-state index is 13.4. The summed E-state index contributed by atoms with van der Waals surface area (Å²) in [6, 6.07) is 11.5. The van der Waals surface area contributed by atoms with Crippen LogP contribution in [0.15, 0.2) is 45.8 Å². The number of aromatic nitrogens is 2. The van der Waals surface area contributed by atoms with Crippen molar-refractivity contribution in [3.05, 3.63) is 75.4 Å². The lowest BCUT2D eigenvalue weighted by molar-refractivity contribution is 0.381. The van der Waals surface area contributed by atoms with Crippen LogP contribution in [0.5, 0.6) is 0 Å². The lowest BCUT2D eigenvalue weighted by Crippen LogP contribution is -2.32. The van der Waals surface area contributed by atoms with Crippen molar-refractivity contribution >= 4 is 21.6 Å². The molecule has 0 bridgehead atoms. The van der Waals surface area contributed by atoms with E-state index in [0.29, 0.717) is 23.0 Å². The number of nitrogens with zero attached hydrogens (tertiary/aromatic N) is 3. The van der Waals surface area contributed by atoms with Crippen LogP contribution in [-0.2, 0) is 16.4 Å². The Morgan fingerprint density at radius 3 is 2.53 bits per heavy atom. The molecule has 0 saturated carbocycles. The maximum absolute atomic E-state index is 13.4. The standard InChI is InChI=1S/C22H24ClN3O3S/c1-14-11-18(12-17-6-8-19(23)9-7-17)13-20(24-14)21-5-4-10-26(21)30(27,28)22-15(2)25-29-16(22)3/h6-9,11,13,21H,4-5,10,12H2,1-3H3/t21-/m0/s1. The Morgan fingerprint density at radius 1 is 1.13 bits per heavy atom. The predicted molar refractivity (Wildman–Crippen MR) is 115 cm³/mol. The molecule has 6 nitrogen and oxygen atoms in total. The van der Waals surface area contributed by atoms with Crippen molar-refractivity contribution in [3.63, 3.8) is 0 Å². The van der Waals surface area contributed by atoms with E-state index < -0.39 is 10.0 Å². The first-order valence-corrected chi connectivity index (χ1v) is 11.7. The molecule has 30 heavy (non-hydrogen) atoms. The third-order valence-corrected chi connectivity index (χ3v) is 7.84. The van der Waals surface area contributed by atoms with Crippen LogP contribution in [-0.4, -0.2) is 29.4 Å². The van der Waals surface area contributed by atoms with E-state index in [9.17, 15) is 8.42 Å². The van der Waals surface area contributed by atoms with Gasteiger partial charge in [-0.25, -0.2) is 8.42 Å². The summed E-state index contributed by atoms with van der Waals surface area (Å²) in [6.07, 6.45) is 2.26. The molecule has 158 valence electrons. The van der Waals surface area contributed by atoms with Gasteiger partial charge in [0.1, 0.15) is 10.6 Å². The van der Waals surface area contributed by atoms with Crippen LogP contribution >= 0.6 is 11.6 Å². The molecule has 0 radical (unpaired) electrons. The van der Waals surface area contributed by atoms with E-state index in [4.69, 9.17) is 21.1 Å². The number of pyridine rings is 1. The molecule has 3 aromatic rings. The molecule has 8 heteroatoms. The van der Waals surface area contributed by atoms with Gasteiger partial charge in [0.2, 0.25) is 10.0 Å². The molecule has 1 aromatic carbocycles. The fourth-order valence-electron chi connectivity index (χ4n) is 4.16. The fraction of sp³-hybridized carbons (Fsp3) is 0.364. The maximum Gasteiger partial charge on any atom is 0.249 e. The van der Waals surface area contributed by atoms with Crippen molar-refractivity contribution in [1.29, 1.82) is 0 Å². The molecule has 0 unspecified atom stereocenters. The van der Waals surface area contributed by atoms with Gasteiger partial charge >= 0.3 is 0 Å². The smallest absolute Gasteiger partial charge is 0.249 e. The summed E-state index contributed by atoms with van der Waals surface area (Å²) >= 11 is 5.99. The Hall–Kier alpha value is -2.22. The molecule has 1 aliphatic rings. The van der Waals surface area contributed by atoms with Gasteiger partial charge in [0.25, 0.3) is 0 Å². The molecule has 4 rings (SSSR count). The van der Waals surface area contributed by atoms with Crippen molar-refractivity contribution < 1.29 is 12.9 Å². The lowest BCUT2D eigenvalue weighted by Gasteiger charge is -2.24. The van der Waals surface area contributed by atoms with Crippen LogP contribution in [0.2, 0.25) is 5.02 Å². The van der Waals surface area contributed by atoms with Crippen LogP contribution < -0.4 is 0 Å². The number of halogens is 1. The van der Waals surface area contributed by atoms with Crippen LogP contribution in [0, 0.1) is 20.8 Å². The molecule has 1 fully saturated rings. The van der Waals surface area contributed by atoms with Crippen molar-refractivity contribution in [1.82, 2.24) is 14.4 Å². The van der Waals surface area contributed by atoms with Crippen LogP contribution in [0.3, 0.4) is 0 Å². The summed E-state index contributed by atoms with van der Waals surface area (Å²) in [7, 11) is -3.72. The molecular weight excluding hydrogens is 422 g/mol. The van der Waals surface area contributed by atoms with E-state index in [2.05, 4.69) is 5.16 Å². The van der Waals surface area contributed by atoms with Crippen molar-refractivity contribution in [2.45, 2.75) is 51.0 Å². The normalized spacial score (nSPS) is 17.5. The lowest BCUT2D eigenvalue weighted by atomic mass is 10.0. The summed E-state index contributed by atoms with van der Waals surface area (Å²) in [6.45, 7) is 5.69. The minimum absolute atomic E-state index is 0.170. The summed E-state index contributed by atoms with van der Waals surface area (Å²) in [5.41, 5.74) is 4.28. The van der Waals surface area contributed by atoms with Gasteiger partial charge in [0.05, 0.1) is 11.7 Å². The van der Waals surface area contributed by atoms with E-state index in [1.165, 1.54) is 0 Å². The predicted octanol–water partition coefficient (Wildman–Crippen LogP) is 4.76. The number of benzene rings is 1. The van der Waals surface area contributed by atoms with Crippen LogP contribution in [0.25, 0.3) is 0 Å². The van der Waals surface area contributed by atoms with Crippen molar-refractivity contribution in [2.75, 3.05) is 6.54 Å². The highest BCUT2D eigenvalue weighted by molar-refractivity contribution is 7.89. The number of sulfonamides is 1. The van der Waals surface area contributed by atoms with E-state index in [0.717, 1.165) is 41.8 Å². The Balaban J connectivity index is 1.67. The molecule has 0 aliphatic carbocycles. The van der Waals surface area contributed by atoms with Gasteiger partial charge in [-0.2, -0.15) is 4.31 Å². The minimum atomic E-state index is -3.72. The largest absolute Gasteiger partial charge is 0.360 e. The Kier molecular flexibility index (Phi) is 5.70. The first kappa shape index (κ1) is 21.0. The SMILES string of the molecule is Cc1cc(Cc2ccc(Cl)cc2)cc([C@@H]2CCCN2S(=O)(=O)c2c(C)noc2C)n1. The molecule has 1 aliphatic heterocycles. The average molecular weight is 446 g/mol. The number of rotatable bonds is 5. The highest BCUT2D eigenvalue weighted by Gasteiger charge is 2.40. The zero-order valence-electron chi connectivity index (χ0n) is 17.2. The second kappa shape index (κ2) is 8.13. The third kappa shape index (κ3) is 4.02. The summed E-state index contributed by atoms with van der Waals surface area (Å²) in [4.78, 5) is 4.87. The van der Waals surface area contributed by atoms with Gasteiger partial charge in [0.15, 0.2) is 5.76 Å². The van der Waals surface area contributed by atoms with Crippen molar-refractivity contribution in [3.8, 4) is 0 Å². The minimum Gasteiger partial charge on any atom is -0.360 e. The average Bonchev–Trinajstić information content (AvgIpc) is 3.31. The zero-order chi connectivity index (χ0) is 21.5. The van der Waals surface area contributed by atoms with Gasteiger partial charge < -0.3 is 4.52 Å². The van der Waals surface area contributed by atoms with Gasteiger partial charge in [-0.15, -0.1) is 0 Å². The monoisotopic (exact) mass is 445 g/mol. The molecule has 0 N–H and O–H groups in total. The number of hydrogen-bond donors (Lipinski definition) is 0. The quantitative estimate of drug-likeness (QED) is 0.565. The summed E-state index contributed by atoms with van der Waals surface area (Å²) in [5, 5.41) is 4.53. The van der Waals surface area contributed by atoms with Gasteiger partial charge in [-0.1, -0.05) is 28.9 Å². The zero-order valence-corrected chi connectivity index (χ0v) is 18.8. The van der Waals surface area contributed by atoms with Gasteiger partial charge in [-0.05, 0) is 75.4 Å². The first-order chi connectivity index (χ1) is 14.3. The molecule has 1 saturated heterocycles. The van der Waals surface area contributed by atoms with Gasteiger partial charge in [0, 0.05) is 17.3 Å². The van der Waals surface area contributed by atoms with Crippen LogP contribution in [0.4, 0.5) is 0 Å². The number of aryl methyl sites for hydroxylation is 3. The highest BCUT2D eigenvalue weighted by Crippen LogP contribution is 2.37. The van der Waals surface area contributed by atoms with Crippen LogP contribution in [0.1, 0.15) is 52.9 Å². The first-order valence-electron chi connectivity index (χ1n) is 9.92. The number of hydrogen-bond acceptors (Lipinski definition) is 5. The topological polar surface area (TPSA) is 76.3 Å². The Morgan fingerprint density at radius 2 is 1.87 bits per heavy atom. The highest BCUT2D eigenvalue weighted by atomic mass is 35.5. The fourth-order valence-corrected chi connectivity index (χ4v) is 6.25. The van der Waals surface area contributed by atoms with E-state index in [1.54, 1.807) is 18.2 Å². The molecule has 0 amide bonds. The molecule has 2 aromatic heterocycles. The molecular formula is C22H24ClN3O3S. The Labute approximate surface area is 181 Å². The Bertz CT molecular complexity index is 1150. The third-order valence-electron chi connectivity index (χ3n) is 5.43. The van der Waals surface area contributed by atoms with E-state index in [-0.39, 0.29) is 10.9 Å².